The third-order valence-corrected chi connectivity index (χ3v) is 5.21. The van der Waals surface area contributed by atoms with E-state index < -0.39 is 5.60 Å². The van der Waals surface area contributed by atoms with Gasteiger partial charge in [-0.15, -0.1) is 0 Å². The minimum Gasteiger partial charge on any atom is -0.455 e. The van der Waals surface area contributed by atoms with Crippen LogP contribution in [-0.2, 0) is 17.7 Å². The molecule has 1 aliphatic rings. The average molecular weight is 394 g/mol. The molecule has 3 nitrogen and oxygen atoms in total. The molecule has 144 valence electrons. The van der Waals surface area contributed by atoms with Gasteiger partial charge in [0.15, 0.2) is 0 Å². The molecule has 4 rings (SSSR count). The zero-order valence-corrected chi connectivity index (χ0v) is 17.2. The Morgan fingerprint density at radius 3 is 2.25 bits per heavy atom. The second-order valence-electron chi connectivity index (χ2n) is 8.18. The van der Waals surface area contributed by atoms with Crippen molar-refractivity contribution in [1.82, 2.24) is 4.57 Å². The predicted octanol–water partition coefficient (Wildman–Crippen LogP) is 6.38. The Balaban J connectivity index is 1.99. The molecule has 0 spiro atoms. The number of rotatable bonds is 3. The first-order valence-corrected chi connectivity index (χ1v) is 10.0. The molecule has 0 fully saturated rings. The molecule has 2 aromatic carbocycles. The van der Waals surface area contributed by atoms with Crippen LogP contribution in [0.4, 0.5) is 0 Å². The fourth-order valence-corrected chi connectivity index (χ4v) is 4.06. The van der Waals surface area contributed by atoms with Crippen LogP contribution in [0.5, 0.6) is 0 Å². The highest BCUT2D eigenvalue weighted by atomic mass is 35.5. The summed E-state index contributed by atoms with van der Waals surface area (Å²) in [5.74, 6) is -0.269. The Hall–Kier alpha value is -2.52. The van der Waals surface area contributed by atoms with Crippen LogP contribution in [0.3, 0.4) is 0 Å². The number of halogens is 1. The van der Waals surface area contributed by atoms with Gasteiger partial charge in [0.2, 0.25) is 0 Å². The summed E-state index contributed by atoms with van der Waals surface area (Å²) in [5, 5.41) is 0.702. The summed E-state index contributed by atoms with van der Waals surface area (Å²) in [6, 6.07) is 18.0. The first-order chi connectivity index (χ1) is 13.3. The minimum absolute atomic E-state index is 0.269. The van der Waals surface area contributed by atoms with Crippen LogP contribution in [-0.4, -0.2) is 16.1 Å². The summed E-state index contributed by atoms with van der Waals surface area (Å²) < 4.78 is 7.95. The van der Waals surface area contributed by atoms with Crippen LogP contribution in [0.1, 0.15) is 43.4 Å². The maximum atomic E-state index is 13.2. The van der Waals surface area contributed by atoms with E-state index in [1.54, 1.807) is 0 Å². The van der Waals surface area contributed by atoms with Gasteiger partial charge < -0.3 is 9.30 Å². The Bertz CT molecular complexity index is 1010. The molecule has 4 heteroatoms. The van der Waals surface area contributed by atoms with Crippen molar-refractivity contribution in [2.45, 2.75) is 45.8 Å². The number of carbonyl (C=O) groups is 1. The van der Waals surface area contributed by atoms with E-state index in [0.29, 0.717) is 10.7 Å². The number of esters is 1. The van der Waals surface area contributed by atoms with E-state index in [2.05, 4.69) is 16.7 Å². The Kier molecular flexibility index (Phi) is 4.80. The Morgan fingerprint density at radius 1 is 0.964 bits per heavy atom. The van der Waals surface area contributed by atoms with Gasteiger partial charge in [-0.1, -0.05) is 54.1 Å². The summed E-state index contributed by atoms with van der Waals surface area (Å²) >= 11 is 6.12. The van der Waals surface area contributed by atoms with E-state index in [-0.39, 0.29) is 5.97 Å². The van der Waals surface area contributed by atoms with Crippen LogP contribution >= 0.6 is 11.6 Å². The Labute approximate surface area is 170 Å². The third-order valence-electron chi connectivity index (χ3n) is 4.95. The van der Waals surface area contributed by atoms with Crippen molar-refractivity contribution in [3.05, 3.63) is 71.0 Å². The van der Waals surface area contributed by atoms with Crippen LogP contribution < -0.4 is 0 Å². The molecular weight excluding hydrogens is 370 g/mol. The molecule has 0 aliphatic carbocycles. The average Bonchev–Trinajstić information content (AvgIpc) is 3.22. The molecular formula is C24H24ClNO2. The summed E-state index contributed by atoms with van der Waals surface area (Å²) in [5.41, 5.74) is 5.46. The molecule has 28 heavy (non-hydrogen) atoms. The van der Waals surface area contributed by atoms with Gasteiger partial charge in [0.25, 0.3) is 0 Å². The lowest BCUT2D eigenvalue weighted by atomic mass is 9.93. The molecule has 0 radical (unpaired) electrons. The molecule has 0 unspecified atom stereocenters. The molecule has 3 aromatic rings. The molecule has 0 saturated heterocycles. The SMILES string of the molecule is CC(C)(C)OC(=O)c1c(-c2ccccc2)c(-c2ccc(Cl)cc2)c2n1CCC2. The van der Waals surface area contributed by atoms with Gasteiger partial charge in [0.1, 0.15) is 11.3 Å². The molecule has 0 saturated carbocycles. The van der Waals surface area contributed by atoms with Gasteiger partial charge in [-0.25, -0.2) is 4.79 Å². The van der Waals surface area contributed by atoms with Crippen molar-refractivity contribution in [3.63, 3.8) is 0 Å². The number of hydrogen-bond donors (Lipinski definition) is 0. The summed E-state index contributed by atoms with van der Waals surface area (Å²) in [4.78, 5) is 13.2. The minimum atomic E-state index is -0.547. The first-order valence-electron chi connectivity index (χ1n) is 9.65. The Morgan fingerprint density at radius 2 is 1.61 bits per heavy atom. The predicted molar refractivity (Wildman–Crippen MR) is 114 cm³/mol. The van der Waals surface area contributed by atoms with Crippen molar-refractivity contribution in [2.24, 2.45) is 0 Å². The summed E-state index contributed by atoms with van der Waals surface area (Å²) in [7, 11) is 0. The van der Waals surface area contributed by atoms with E-state index in [1.165, 1.54) is 5.69 Å². The third kappa shape index (κ3) is 3.47. The van der Waals surface area contributed by atoms with Gasteiger partial charge in [0, 0.05) is 28.4 Å². The monoisotopic (exact) mass is 393 g/mol. The van der Waals surface area contributed by atoms with Crippen molar-refractivity contribution in [2.75, 3.05) is 0 Å². The van der Waals surface area contributed by atoms with Crippen molar-refractivity contribution < 1.29 is 9.53 Å². The number of hydrogen-bond acceptors (Lipinski definition) is 2. The number of ether oxygens (including phenoxy) is 1. The fourth-order valence-electron chi connectivity index (χ4n) is 3.93. The van der Waals surface area contributed by atoms with Crippen molar-refractivity contribution in [1.29, 1.82) is 0 Å². The van der Waals surface area contributed by atoms with E-state index in [9.17, 15) is 4.79 Å². The number of aromatic nitrogens is 1. The molecule has 0 bridgehead atoms. The summed E-state index contributed by atoms with van der Waals surface area (Å²) in [6.45, 7) is 6.54. The van der Waals surface area contributed by atoms with Gasteiger partial charge in [-0.2, -0.15) is 0 Å². The van der Waals surface area contributed by atoms with E-state index in [0.717, 1.165) is 41.6 Å². The second-order valence-corrected chi connectivity index (χ2v) is 8.61. The van der Waals surface area contributed by atoms with Gasteiger partial charge in [-0.3, -0.25) is 0 Å². The number of nitrogens with zero attached hydrogens (tertiary/aromatic N) is 1. The van der Waals surface area contributed by atoms with Crippen molar-refractivity contribution >= 4 is 17.6 Å². The molecule has 1 aromatic heterocycles. The van der Waals surface area contributed by atoms with Gasteiger partial charge >= 0.3 is 5.97 Å². The highest BCUT2D eigenvalue weighted by molar-refractivity contribution is 6.30. The van der Waals surface area contributed by atoms with E-state index in [4.69, 9.17) is 16.3 Å². The van der Waals surface area contributed by atoms with Crippen LogP contribution in [0.25, 0.3) is 22.3 Å². The number of fused-ring (bicyclic) bond motifs is 1. The molecule has 0 N–H and O–H groups in total. The zero-order valence-electron chi connectivity index (χ0n) is 16.5. The smallest absolute Gasteiger partial charge is 0.356 e. The lowest BCUT2D eigenvalue weighted by Gasteiger charge is -2.21. The van der Waals surface area contributed by atoms with Crippen molar-refractivity contribution in [3.8, 4) is 22.3 Å². The molecule has 0 amide bonds. The lowest BCUT2D eigenvalue weighted by Crippen LogP contribution is -2.25. The van der Waals surface area contributed by atoms with Crippen LogP contribution in [0.2, 0.25) is 5.02 Å². The normalized spacial score (nSPS) is 13.4. The highest BCUT2D eigenvalue weighted by Crippen LogP contribution is 2.43. The molecule has 1 aliphatic heterocycles. The number of carbonyl (C=O) groups excluding carboxylic acids is 1. The number of benzene rings is 2. The van der Waals surface area contributed by atoms with Gasteiger partial charge in [-0.05, 0) is 56.9 Å². The second kappa shape index (κ2) is 7.14. The quantitative estimate of drug-likeness (QED) is 0.483. The maximum Gasteiger partial charge on any atom is 0.356 e. The molecule has 0 atom stereocenters. The zero-order chi connectivity index (χ0) is 19.9. The lowest BCUT2D eigenvalue weighted by molar-refractivity contribution is 0.00590. The maximum absolute atomic E-state index is 13.2. The van der Waals surface area contributed by atoms with E-state index in [1.807, 2.05) is 63.2 Å². The summed E-state index contributed by atoms with van der Waals surface area (Å²) in [6.07, 6.45) is 1.97. The van der Waals surface area contributed by atoms with Crippen LogP contribution in [0.15, 0.2) is 54.6 Å². The first kappa shape index (κ1) is 18.8. The largest absolute Gasteiger partial charge is 0.455 e. The standard InChI is InChI=1S/C24H24ClNO2/c1-24(2,3)28-23(27)22-21(16-8-5-4-6-9-16)20(19-10-7-15-26(19)22)17-11-13-18(25)14-12-17/h4-6,8-9,11-14H,7,10,15H2,1-3H3. The fraction of sp³-hybridized carbons (Fsp3) is 0.292. The molecule has 2 heterocycles. The van der Waals surface area contributed by atoms with Gasteiger partial charge in [0.05, 0.1) is 0 Å². The van der Waals surface area contributed by atoms with E-state index >= 15 is 0 Å². The topological polar surface area (TPSA) is 31.2 Å². The van der Waals surface area contributed by atoms with Crippen LogP contribution in [0, 0.1) is 0 Å². The highest BCUT2D eigenvalue weighted by Gasteiger charge is 2.33.